The Morgan fingerprint density at radius 2 is 1.72 bits per heavy atom. The number of guanidine groups is 1. The van der Waals surface area contributed by atoms with Crippen molar-refractivity contribution < 1.29 is 4.74 Å². The second kappa shape index (κ2) is 11.3. The van der Waals surface area contributed by atoms with Crippen LogP contribution in [-0.2, 0) is 13.0 Å². The molecule has 29 heavy (non-hydrogen) atoms. The van der Waals surface area contributed by atoms with Crippen molar-refractivity contribution >= 4 is 11.8 Å². The van der Waals surface area contributed by atoms with Gasteiger partial charge in [0, 0.05) is 39.4 Å². The monoisotopic (exact) mass is 395 g/mol. The summed E-state index contributed by atoms with van der Waals surface area (Å²) in [6, 6.07) is 12.5. The summed E-state index contributed by atoms with van der Waals surface area (Å²) >= 11 is 0. The van der Waals surface area contributed by atoms with Crippen LogP contribution in [0.4, 0.5) is 5.82 Å². The third-order valence-electron chi connectivity index (χ3n) is 5.29. The molecular weight excluding hydrogens is 362 g/mol. The molecule has 0 amide bonds. The van der Waals surface area contributed by atoms with Crippen LogP contribution in [0.25, 0.3) is 0 Å². The highest BCUT2D eigenvalue weighted by Gasteiger charge is 2.10. The van der Waals surface area contributed by atoms with Crippen LogP contribution in [0.5, 0.6) is 5.75 Å². The largest absolute Gasteiger partial charge is 0.497 e. The van der Waals surface area contributed by atoms with Gasteiger partial charge in [0.25, 0.3) is 0 Å². The summed E-state index contributed by atoms with van der Waals surface area (Å²) < 4.78 is 5.20. The number of rotatable bonds is 7. The Bertz CT molecular complexity index is 750. The van der Waals surface area contributed by atoms with Gasteiger partial charge in [-0.25, -0.2) is 4.98 Å². The Hall–Kier alpha value is -2.76. The van der Waals surface area contributed by atoms with Crippen molar-refractivity contribution in [3.05, 3.63) is 53.7 Å². The highest BCUT2D eigenvalue weighted by molar-refractivity contribution is 5.79. The fourth-order valence-electron chi connectivity index (χ4n) is 3.53. The fourth-order valence-corrected chi connectivity index (χ4v) is 3.53. The lowest BCUT2D eigenvalue weighted by Gasteiger charge is -2.21. The first-order valence-electron chi connectivity index (χ1n) is 10.6. The number of nitrogens with one attached hydrogen (secondary N) is 2. The molecule has 156 valence electrons. The zero-order chi connectivity index (χ0) is 20.3. The Morgan fingerprint density at radius 3 is 2.34 bits per heavy atom. The van der Waals surface area contributed by atoms with E-state index in [1.54, 1.807) is 14.2 Å². The number of nitrogens with zero attached hydrogens (tertiary/aromatic N) is 3. The Kier molecular flexibility index (Phi) is 8.16. The van der Waals surface area contributed by atoms with E-state index in [-0.39, 0.29) is 0 Å². The van der Waals surface area contributed by atoms with E-state index in [2.05, 4.69) is 49.8 Å². The first-order chi connectivity index (χ1) is 14.3. The number of pyridine rings is 1. The van der Waals surface area contributed by atoms with Crippen molar-refractivity contribution in [2.75, 3.05) is 38.7 Å². The minimum absolute atomic E-state index is 0.704. The molecule has 3 rings (SSSR count). The van der Waals surface area contributed by atoms with E-state index in [1.807, 2.05) is 18.3 Å². The number of hydrogen-bond donors (Lipinski definition) is 2. The van der Waals surface area contributed by atoms with Gasteiger partial charge in [-0.3, -0.25) is 4.99 Å². The third-order valence-corrected chi connectivity index (χ3v) is 5.29. The maximum absolute atomic E-state index is 5.20. The van der Waals surface area contributed by atoms with E-state index in [1.165, 1.54) is 31.2 Å². The van der Waals surface area contributed by atoms with Gasteiger partial charge >= 0.3 is 0 Å². The van der Waals surface area contributed by atoms with Crippen LogP contribution < -0.4 is 20.3 Å². The van der Waals surface area contributed by atoms with Gasteiger partial charge in [0.1, 0.15) is 11.6 Å². The summed E-state index contributed by atoms with van der Waals surface area (Å²) in [7, 11) is 3.48. The van der Waals surface area contributed by atoms with Crippen molar-refractivity contribution in [3.63, 3.8) is 0 Å². The van der Waals surface area contributed by atoms with E-state index in [9.17, 15) is 0 Å². The van der Waals surface area contributed by atoms with Gasteiger partial charge in [0.15, 0.2) is 5.96 Å². The smallest absolute Gasteiger partial charge is 0.191 e. The predicted molar refractivity (Wildman–Crippen MR) is 120 cm³/mol. The maximum atomic E-state index is 5.20. The standard InChI is InChI=1S/C23H33N5O/c1-24-23(25-14-13-19-7-10-21(29-2)11-8-19)27-18-20-9-12-22(26-17-20)28-15-5-3-4-6-16-28/h7-12,17H,3-6,13-16,18H2,1-2H3,(H2,24,25,27). The molecule has 6 heteroatoms. The highest BCUT2D eigenvalue weighted by atomic mass is 16.5. The van der Waals surface area contributed by atoms with Crippen LogP contribution in [0.1, 0.15) is 36.8 Å². The van der Waals surface area contributed by atoms with E-state index >= 15 is 0 Å². The predicted octanol–water partition coefficient (Wildman–Crippen LogP) is 3.38. The lowest BCUT2D eigenvalue weighted by atomic mass is 10.1. The second-order valence-corrected chi connectivity index (χ2v) is 7.38. The Labute approximate surface area is 174 Å². The summed E-state index contributed by atoms with van der Waals surface area (Å²) in [5, 5.41) is 6.73. The summed E-state index contributed by atoms with van der Waals surface area (Å²) in [6.45, 7) is 3.76. The van der Waals surface area contributed by atoms with Gasteiger partial charge in [0.05, 0.1) is 7.11 Å². The molecule has 0 saturated carbocycles. The molecule has 1 aromatic carbocycles. The van der Waals surface area contributed by atoms with Crippen LogP contribution in [-0.4, -0.2) is 44.7 Å². The number of methoxy groups -OCH3 is 1. The first-order valence-corrected chi connectivity index (χ1v) is 10.6. The SMILES string of the molecule is CN=C(NCCc1ccc(OC)cc1)NCc1ccc(N2CCCCCC2)nc1. The van der Waals surface area contributed by atoms with Crippen molar-refractivity contribution in [2.24, 2.45) is 4.99 Å². The molecule has 1 aliphatic rings. The summed E-state index contributed by atoms with van der Waals surface area (Å²) in [4.78, 5) is 11.4. The molecule has 0 spiro atoms. The van der Waals surface area contributed by atoms with Crippen LogP contribution in [0.3, 0.4) is 0 Å². The van der Waals surface area contributed by atoms with Crippen LogP contribution in [0, 0.1) is 0 Å². The second-order valence-electron chi connectivity index (χ2n) is 7.38. The minimum Gasteiger partial charge on any atom is -0.497 e. The van der Waals surface area contributed by atoms with Crippen molar-refractivity contribution in [2.45, 2.75) is 38.6 Å². The number of aliphatic imine (C=N–C) groups is 1. The molecule has 2 N–H and O–H groups in total. The van der Waals surface area contributed by atoms with Gasteiger partial charge in [0.2, 0.25) is 0 Å². The molecule has 0 unspecified atom stereocenters. The quantitative estimate of drug-likeness (QED) is 0.556. The van der Waals surface area contributed by atoms with Gasteiger partial charge in [-0.15, -0.1) is 0 Å². The number of hydrogen-bond acceptors (Lipinski definition) is 4. The number of anilines is 1. The van der Waals surface area contributed by atoms with Gasteiger partial charge in [-0.05, 0) is 48.6 Å². The Morgan fingerprint density at radius 1 is 1.00 bits per heavy atom. The molecule has 0 aliphatic carbocycles. The third kappa shape index (κ3) is 6.66. The zero-order valence-electron chi connectivity index (χ0n) is 17.7. The maximum Gasteiger partial charge on any atom is 0.191 e. The van der Waals surface area contributed by atoms with Crippen molar-refractivity contribution in [1.82, 2.24) is 15.6 Å². The van der Waals surface area contributed by atoms with Gasteiger partial charge in [-0.2, -0.15) is 0 Å². The molecule has 0 atom stereocenters. The topological polar surface area (TPSA) is 61.8 Å². The average molecular weight is 396 g/mol. The van der Waals surface area contributed by atoms with E-state index in [0.717, 1.165) is 49.1 Å². The van der Waals surface area contributed by atoms with E-state index < -0.39 is 0 Å². The first kappa shape index (κ1) is 21.0. The van der Waals surface area contributed by atoms with E-state index in [4.69, 9.17) is 4.74 Å². The number of benzene rings is 1. The molecular formula is C23H33N5O. The minimum atomic E-state index is 0.704. The summed E-state index contributed by atoms with van der Waals surface area (Å²) in [6.07, 6.45) is 8.11. The molecule has 2 aromatic rings. The number of aromatic nitrogens is 1. The average Bonchev–Trinajstić information content (AvgIpc) is 3.06. The summed E-state index contributed by atoms with van der Waals surface area (Å²) in [5.74, 6) is 2.78. The normalized spacial score (nSPS) is 15.0. The van der Waals surface area contributed by atoms with E-state index in [0.29, 0.717) is 6.54 Å². The molecule has 1 fully saturated rings. The lowest BCUT2D eigenvalue weighted by Crippen LogP contribution is -2.37. The molecule has 2 heterocycles. The Balaban J connectivity index is 1.42. The van der Waals surface area contributed by atoms with Crippen LogP contribution in [0.15, 0.2) is 47.6 Å². The molecule has 6 nitrogen and oxygen atoms in total. The fraction of sp³-hybridized carbons (Fsp3) is 0.478. The molecule has 0 radical (unpaired) electrons. The lowest BCUT2D eigenvalue weighted by molar-refractivity contribution is 0.414. The highest BCUT2D eigenvalue weighted by Crippen LogP contribution is 2.17. The van der Waals surface area contributed by atoms with Crippen LogP contribution in [0.2, 0.25) is 0 Å². The molecule has 1 aromatic heterocycles. The van der Waals surface area contributed by atoms with Crippen molar-refractivity contribution in [3.8, 4) is 5.75 Å². The number of ether oxygens (including phenoxy) is 1. The molecule has 1 aliphatic heterocycles. The molecule has 1 saturated heterocycles. The zero-order valence-corrected chi connectivity index (χ0v) is 17.7. The van der Waals surface area contributed by atoms with Crippen molar-refractivity contribution in [1.29, 1.82) is 0 Å². The summed E-state index contributed by atoms with van der Waals surface area (Å²) in [5.41, 5.74) is 2.42. The molecule has 0 bridgehead atoms. The van der Waals surface area contributed by atoms with Gasteiger partial charge < -0.3 is 20.3 Å². The van der Waals surface area contributed by atoms with Gasteiger partial charge in [-0.1, -0.05) is 31.0 Å². The van der Waals surface area contributed by atoms with Crippen LogP contribution >= 0.6 is 0 Å².